The quantitative estimate of drug-likeness (QED) is 0.704. The highest BCUT2D eigenvalue weighted by Crippen LogP contribution is 2.27. The zero-order chi connectivity index (χ0) is 19.1. The van der Waals surface area contributed by atoms with Gasteiger partial charge in [0, 0.05) is 13.7 Å². The van der Waals surface area contributed by atoms with Crippen molar-refractivity contribution in [1.29, 1.82) is 0 Å². The molecule has 0 aliphatic heterocycles. The van der Waals surface area contributed by atoms with Gasteiger partial charge in [-0.3, -0.25) is 4.79 Å². The minimum absolute atomic E-state index is 0.0344. The molecule has 7 heteroatoms. The molecule has 0 spiro atoms. The van der Waals surface area contributed by atoms with Crippen molar-refractivity contribution in [3.05, 3.63) is 69.2 Å². The molecule has 2 aromatic carbocycles. The molecule has 2 aromatic rings. The van der Waals surface area contributed by atoms with Crippen LogP contribution >= 0.6 is 23.2 Å². The average molecular weight is 396 g/mol. The number of nitrogens with one attached hydrogen (secondary N) is 1. The lowest BCUT2D eigenvalue weighted by Crippen LogP contribution is -2.31. The van der Waals surface area contributed by atoms with Gasteiger partial charge in [-0.05, 0) is 35.7 Å². The average Bonchev–Trinajstić information content (AvgIpc) is 2.61. The van der Waals surface area contributed by atoms with Crippen LogP contribution < -0.4 is 5.32 Å². The molecule has 0 aliphatic rings. The molecular formula is C19H19Cl2NO4. The lowest BCUT2D eigenvalue weighted by atomic mass is 10.0. The molecule has 2 rings (SSSR count). The van der Waals surface area contributed by atoms with Gasteiger partial charge < -0.3 is 15.2 Å². The van der Waals surface area contributed by atoms with Gasteiger partial charge in [0.05, 0.1) is 28.1 Å². The number of hydrogen-bond donors (Lipinski definition) is 2. The highest BCUT2D eigenvalue weighted by atomic mass is 35.5. The van der Waals surface area contributed by atoms with Crippen LogP contribution in [0.3, 0.4) is 0 Å². The number of amides is 1. The number of hydrogen-bond acceptors (Lipinski definition) is 3. The van der Waals surface area contributed by atoms with Crippen molar-refractivity contribution in [1.82, 2.24) is 5.32 Å². The van der Waals surface area contributed by atoms with E-state index < -0.39 is 5.97 Å². The highest BCUT2D eigenvalue weighted by Gasteiger charge is 2.18. The number of halogens is 2. The number of carboxylic acid groups (broad SMARTS) is 1. The standard InChI is InChI=1S/C19H19Cl2NO4/c1-26-9-8-17(13-6-7-15(20)16(21)10-13)22-18(23)11-12-4-2-3-5-14(12)19(24)25/h2-7,10,17H,8-9,11H2,1H3,(H,22,23)(H,24,25). The molecule has 0 aliphatic carbocycles. The van der Waals surface area contributed by atoms with E-state index in [4.69, 9.17) is 27.9 Å². The predicted octanol–water partition coefficient (Wildman–Crippen LogP) is 4.13. The van der Waals surface area contributed by atoms with Gasteiger partial charge in [-0.15, -0.1) is 0 Å². The van der Waals surface area contributed by atoms with Crippen LogP contribution in [0.15, 0.2) is 42.5 Å². The van der Waals surface area contributed by atoms with Crippen molar-refractivity contribution in [2.45, 2.75) is 18.9 Å². The van der Waals surface area contributed by atoms with Crippen LogP contribution in [0.5, 0.6) is 0 Å². The van der Waals surface area contributed by atoms with Crippen LogP contribution in [-0.2, 0) is 16.0 Å². The second-order valence-electron chi connectivity index (χ2n) is 5.71. The van der Waals surface area contributed by atoms with Gasteiger partial charge in [-0.25, -0.2) is 4.79 Å². The fourth-order valence-corrected chi connectivity index (χ4v) is 2.89. The summed E-state index contributed by atoms with van der Waals surface area (Å²) >= 11 is 12.0. The summed E-state index contributed by atoms with van der Waals surface area (Å²) < 4.78 is 5.11. The molecule has 0 fully saturated rings. The van der Waals surface area contributed by atoms with Crippen molar-refractivity contribution >= 4 is 35.1 Å². The maximum Gasteiger partial charge on any atom is 0.335 e. The lowest BCUT2D eigenvalue weighted by molar-refractivity contribution is -0.121. The lowest BCUT2D eigenvalue weighted by Gasteiger charge is -2.20. The highest BCUT2D eigenvalue weighted by molar-refractivity contribution is 6.42. The molecule has 5 nitrogen and oxygen atoms in total. The second-order valence-corrected chi connectivity index (χ2v) is 6.53. The van der Waals surface area contributed by atoms with Crippen LogP contribution in [0.1, 0.15) is 33.9 Å². The summed E-state index contributed by atoms with van der Waals surface area (Å²) in [5, 5.41) is 13.0. The minimum atomic E-state index is -1.06. The molecule has 1 unspecified atom stereocenters. The summed E-state index contributed by atoms with van der Waals surface area (Å²) in [4.78, 5) is 23.8. The first-order valence-corrected chi connectivity index (χ1v) is 8.72. The van der Waals surface area contributed by atoms with Crippen molar-refractivity contribution in [3.63, 3.8) is 0 Å². The van der Waals surface area contributed by atoms with Gasteiger partial charge in [0.15, 0.2) is 0 Å². The van der Waals surface area contributed by atoms with E-state index in [9.17, 15) is 14.7 Å². The molecule has 2 N–H and O–H groups in total. The third kappa shape index (κ3) is 5.46. The zero-order valence-corrected chi connectivity index (χ0v) is 15.7. The molecule has 0 aromatic heterocycles. The molecule has 0 radical (unpaired) electrons. The van der Waals surface area contributed by atoms with Crippen LogP contribution in [0.2, 0.25) is 10.0 Å². The Morgan fingerprint density at radius 1 is 1.15 bits per heavy atom. The largest absolute Gasteiger partial charge is 0.478 e. The van der Waals surface area contributed by atoms with E-state index in [-0.39, 0.29) is 23.9 Å². The van der Waals surface area contributed by atoms with Crippen LogP contribution in [0.25, 0.3) is 0 Å². The summed E-state index contributed by atoms with van der Waals surface area (Å²) in [5.74, 6) is -1.35. The first-order chi connectivity index (χ1) is 12.4. The van der Waals surface area contributed by atoms with Crippen LogP contribution in [0.4, 0.5) is 0 Å². The minimum Gasteiger partial charge on any atom is -0.478 e. The summed E-state index contributed by atoms with van der Waals surface area (Å²) in [6.07, 6.45) is 0.508. The van der Waals surface area contributed by atoms with E-state index in [2.05, 4.69) is 5.32 Å². The van der Waals surface area contributed by atoms with Gasteiger partial charge in [-0.2, -0.15) is 0 Å². The molecule has 138 valence electrons. The monoisotopic (exact) mass is 395 g/mol. The third-order valence-corrected chi connectivity index (χ3v) is 4.63. The smallest absolute Gasteiger partial charge is 0.335 e. The first-order valence-electron chi connectivity index (χ1n) is 7.96. The van der Waals surface area contributed by atoms with E-state index in [1.807, 2.05) is 0 Å². The van der Waals surface area contributed by atoms with Crippen molar-refractivity contribution < 1.29 is 19.4 Å². The molecule has 26 heavy (non-hydrogen) atoms. The summed E-state index contributed by atoms with van der Waals surface area (Å²) in [5.41, 5.74) is 1.37. The molecule has 1 amide bonds. The number of methoxy groups -OCH3 is 1. The second kappa shape index (κ2) is 9.57. The third-order valence-electron chi connectivity index (χ3n) is 3.89. The predicted molar refractivity (Wildman–Crippen MR) is 101 cm³/mol. The maximum absolute atomic E-state index is 12.5. The van der Waals surface area contributed by atoms with Gasteiger partial charge in [0.1, 0.15) is 0 Å². The Morgan fingerprint density at radius 2 is 1.88 bits per heavy atom. The van der Waals surface area contributed by atoms with E-state index >= 15 is 0 Å². The van der Waals surface area contributed by atoms with E-state index in [1.165, 1.54) is 6.07 Å². The number of carbonyl (C=O) groups excluding carboxylic acids is 1. The number of carbonyl (C=O) groups is 2. The van der Waals surface area contributed by atoms with Gasteiger partial charge in [0.25, 0.3) is 0 Å². The Hall–Kier alpha value is -2.08. The number of ether oxygens (including phenoxy) is 1. The molecule has 0 heterocycles. The Labute approximate surface area is 161 Å². The van der Waals surface area contributed by atoms with E-state index in [1.54, 1.807) is 43.5 Å². The normalized spacial score (nSPS) is 11.8. The van der Waals surface area contributed by atoms with E-state index in [0.717, 1.165) is 5.56 Å². The molecule has 0 saturated heterocycles. The van der Waals surface area contributed by atoms with Crippen LogP contribution in [-0.4, -0.2) is 30.7 Å². The number of carboxylic acids is 1. The van der Waals surface area contributed by atoms with Crippen molar-refractivity contribution in [2.24, 2.45) is 0 Å². The topological polar surface area (TPSA) is 75.6 Å². The van der Waals surface area contributed by atoms with E-state index in [0.29, 0.717) is 28.6 Å². The van der Waals surface area contributed by atoms with Gasteiger partial charge >= 0.3 is 5.97 Å². The zero-order valence-electron chi connectivity index (χ0n) is 14.2. The van der Waals surface area contributed by atoms with Crippen molar-refractivity contribution in [2.75, 3.05) is 13.7 Å². The summed E-state index contributed by atoms with van der Waals surface area (Å²) in [6, 6.07) is 11.3. The first kappa shape index (κ1) is 20.2. The number of benzene rings is 2. The molecule has 0 saturated carbocycles. The fourth-order valence-electron chi connectivity index (χ4n) is 2.59. The Bertz CT molecular complexity index is 795. The summed E-state index contributed by atoms with van der Waals surface area (Å²) in [7, 11) is 1.58. The summed E-state index contributed by atoms with van der Waals surface area (Å²) in [6.45, 7) is 0.441. The van der Waals surface area contributed by atoms with Crippen molar-refractivity contribution in [3.8, 4) is 0 Å². The molecule has 0 bridgehead atoms. The Kier molecular flexibility index (Phi) is 7.45. The fraction of sp³-hybridized carbons (Fsp3) is 0.263. The SMILES string of the molecule is COCCC(NC(=O)Cc1ccccc1C(=O)O)c1ccc(Cl)c(Cl)c1. The van der Waals surface area contributed by atoms with Gasteiger partial charge in [0.2, 0.25) is 5.91 Å². The number of rotatable bonds is 8. The van der Waals surface area contributed by atoms with Crippen LogP contribution in [0, 0.1) is 0 Å². The molecular weight excluding hydrogens is 377 g/mol. The Morgan fingerprint density at radius 3 is 2.54 bits per heavy atom. The van der Waals surface area contributed by atoms with Gasteiger partial charge in [-0.1, -0.05) is 47.5 Å². The maximum atomic E-state index is 12.5. The molecule has 1 atom stereocenters. The number of aromatic carboxylic acids is 1. The Balaban J connectivity index is 2.16.